The van der Waals surface area contributed by atoms with Gasteiger partial charge in [-0.1, -0.05) is 48.5 Å². The van der Waals surface area contributed by atoms with Crippen molar-refractivity contribution < 1.29 is 22.7 Å². The zero-order valence-electron chi connectivity index (χ0n) is 19.3. The molecule has 0 atom stereocenters. The highest BCUT2D eigenvalue weighted by Crippen LogP contribution is 2.40. The Kier molecular flexibility index (Phi) is 5.82. The quantitative estimate of drug-likeness (QED) is 0.309. The highest BCUT2D eigenvalue weighted by atomic mass is 32.2. The molecule has 0 saturated heterocycles. The summed E-state index contributed by atoms with van der Waals surface area (Å²) < 4.78 is 40.1. The number of carbonyl (C=O) groups excluding carboxylic acids is 1. The molecule has 0 spiro atoms. The number of nitrogens with zero attached hydrogens (tertiary/aromatic N) is 1. The van der Waals surface area contributed by atoms with Crippen LogP contribution in [0.3, 0.4) is 0 Å². The molecule has 5 aromatic rings. The lowest BCUT2D eigenvalue weighted by Crippen LogP contribution is -2.12. The van der Waals surface area contributed by atoms with Crippen molar-refractivity contribution in [2.45, 2.75) is 25.3 Å². The number of hydrogen-bond acceptors (Lipinski definition) is 5. The molecule has 3 aromatic carbocycles. The molecule has 8 heteroatoms. The molecular weight excluding hydrogens is 464 g/mol. The average molecular weight is 489 g/mol. The lowest BCUT2D eigenvalue weighted by molar-refractivity contribution is 0.0529. The third kappa shape index (κ3) is 3.95. The van der Waals surface area contributed by atoms with Gasteiger partial charge in [0, 0.05) is 29.2 Å². The number of carbonyl (C=O) groups is 1. The number of hydrogen-bond donors (Lipinski definition) is 1. The first kappa shape index (κ1) is 22.7. The number of aromatic nitrogens is 2. The van der Waals surface area contributed by atoms with Crippen LogP contribution < -0.4 is 4.74 Å². The van der Waals surface area contributed by atoms with E-state index in [0.717, 1.165) is 5.56 Å². The summed E-state index contributed by atoms with van der Waals surface area (Å²) in [6.07, 6.45) is 3.16. The fourth-order valence-corrected chi connectivity index (χ4v) is 5.73. The molecule has 178 valence electrons. The monoisotopic (exact) mass is 488 g/mol. The largest absolute Gasteiger partial charge is 0.487 e. The van der Waals surface area contributed by atoms with Crippen LogP contribution >= 0.6 is 0 Å². The van der Waals surface area contributed by atoms with E-state index in [2.05, 4.69) is 4.98 Å². The predicted octanol–water partition coefficient (Wildman–Crippen LogP) is 5.42. The van der Waals surface area contributed by atoms with Crippen molar-refractivity contribution in [1.82, 2.24) is 8.96 Å². The van der Waals surface area contributed by atoms with Crippen LogP contribution in [0.2, 0.25) is 0 Å². The maximum atomic E-state index is 13.7. The van der Waals surface area contributed by atoms with Gasteiger partial charge in [0.05, 0.1) is 22.6 Å². The first-order chi connectivity index (χ1) is 16.9. The summed E-state index contributed by atoms with van der Waals surface area (Å²) in [6.45, 7) is 4.05. The van der Waals surface area contributed by atoms with Gasteiger partial charge in [0.25, 0.3) is 10.0 Å². The normalized spacial score (nSPS) is 11.7. The van der Waals surface area contributed by atoms with Crippen molar-refractivity contribution in [2.75, 3.05) is 6.61 Å². The third-order valence-corrected chi connectivity index (χ3v) is 7.54. The molecule has 0 saturated carbocycles. The summed E-state index contributed by atoms with van der Waals surface area (Å²) in [5.41, 5.74) is 3.01. The second-order valence-corrected chi connectivity index (χ2v) is 9.96. The zero-order valence-corrected chi connectivity index (χ0v) is 20.1. The van der Waals surface area contributed by atoms with E-state index >= 15 is 0 Å². The zero-order chi connectivity index (χ0) is 24.6. The minimum Gasteiger partial charge on any atom is -0.487 e. The van der Waals surface area contributed by atoms with Crippen molar-refractivity contribution in [1.29, 1.82) is 0 Å². The average Bonchev–Trinajstić information content (AvgIpc) is 3.45. The van der Waals surface area contributed by atoms with Gasteiger partial charge >= 0.3 is 5.97 Å². The van der Waals surface area contributed by atoms with Crippen molar-refractivity contribution in [2.24, 2.45) is 0 Å². The molecule has 0 unspecified atom stereocenters. The van der Waals surface area contributed by atoms with Gasteiger partial charge in [-0.25, -0.2) is 17.2 Å². The molecular formula is C27H24N2O5S. The lowest BCUT2D eigenvalue weighted by atomic mass is 10.0. The molecule has 7 nitrogen and oxygen atoms in total. The van der Waals surface area contributed by atoms with Crippen LogP contribution in [0.5, 0.6) is 5.75 Å². The molecule has 0 bridgehead atoms. The van der Waals surface area contributed by atoms with E-state index in [9.17, 15) is 13.2 Å². The number of aryl methyl sites for hydroxylation is 1. The fourth-order valence-electron chi connectivity index (χ4n) is 4.28. The van der Waals surface area contributed by atoms with E-state index in [4.69, 9.17) is 9.47 Å². The van der Waals surface area contributed by atoms with Crippen LogP contribution in [-0.4, -0.2) is 30.0 Å². The molecule has 0 fully saturated rings. The molecule has 2 aromatic heterocycles. The minimum atomic E-state index is -3.93. The highest BCUT2D eigenvalue weighted by Gasteiger charge is 2.27. The fraction of sp³-hybridized carbons (Fsp3) is 0.148. The van der Waals surface area contributed by atoms with Gasteiger partial charge in [-0.15, -0.1) is 0 Å². The molecule has 5 rings (SSSR count). The van der Waals surface area contributed by atoms with E-state index in [1.54, 1.807) is 55.7 Å². The molecule has 0 radical (unpaired) electrons. The Morgan fingerprint density at radius 1 is 1.00 bits per heavy atom. The molecule has 0 amide bonds. The van der Waals surface area contributed by atoms with Gasteiger partial charge in [-0.05, 0) is 37.1 Å². The number of rotatable bonds is 7. The molecule has 0 aliphatic rings. The van der Waals surface area contributed by atoms with E-state index in [1.165, 1.54) is 3.97 Å². The van der Waals surface area contributed by atoms with Crippen LogP contribution in [0.25, 0.3) is 21.8 Å². The second-order valence-electron chi connectivity index (χ2n) is 8.14. The van der Waals surface area contributed by atoms with Crippen LogP contribution in [-0.2, 0) is 21.4 Å². The van der Waals surface area contributed by atoms with E-state index in [0.29, 0.717) is 38.7 Å². The first-order valence-electron chi connectivity index (χ1n) is 11.2. The Balaban J connectivity index is 1.78. The summed E-state index contributed by atoms with van der Waals surface area (Å²) in [7, 11) is -3.93. The Labute approximate surface area is 203 Å². The smallest absolute Gasteiger partial charge is 0.340 e. The summed E-state index contributed by atoms with van der Waals surface area (Å²) in [4.78, 5) is 16.0. The number of nitrogens with one attached hydrogen (secondary N) is 1. The maximum absolute atomic E-state index is 13.7. The third-order valence-electron chi connectivity index (χ3n) is 5.86. The topological polar surface area (TPSA) is 90.4 Å². The van der Waals surface area contributed by atoms with Gasteiger partial charge in [0.15, 0.2) is 0 Å². The van der Waals surface area contributed by atoms with Crippen molar-refractivity contribution in [3.05, 3.63) is 95.8 Å². The van der Waals surface area contributed by atoms with Crippen molar-refractivity contribution in [3.63, 3.8) is 0 Å². The van der Waals surface area contributed by atoms with E-state index < -0.39 is 16.0 Å². The van der Waals surface area contributed by atoms with Crippen molar-refractivity contribution in [3.8, 4) is 5.75 Å². The van der Waals surface area contributed by atoms with Crippen LogP contribution in [0.15, 0.2) is 84.0 Å². The van der Waals surface area contributed by atoms with Crippen LogP contribution in [0.4, 0.5) is 0 Å². The molecule has 35 heavy (non-hydrogen) atoms. The number of esters is 1. The Morgan fingerprint density at radius 2 is 1.69 bits per heavy atom. The molecule has 0 aliphatic heterocycles. The SMILES string of the molecule is CCOC(=O)c1c[nH]c2cc(OCc3ccccc3)c3c(c(C)cn3S(=O)(=O)c3ccccc3)c12. The number of aromatic amines is 1. The number of benzene rings is 3. The minimum absolute atomic E-state index is 0.158. The highest BCUT2D eigenvalue weighted by molar-refractivity contribution is 7.90. The number of H-pyrrole nitrogens is 1. The summed E-state index contributed by atoms with van der Waals surface area (Å²) >= 11 is 0. The van der Waals surface area contributed by atoms with Gasteiger partial charge in [0.1, 0.15) is 17.9 Å². The standard InChI is InChI=1S/C27H24N2O5S/c1-3-33-27(30)21-15-28-22-14-23(34-17-19-10-6-4-7-11-19)26-24(25(21)22)18(2)16-29(26)35(31,32)20-12-8-5-9-13-20/h4-16,28H,3,17H2,1-2H3. The summed E-state index contributed by atoms with van der Waals surface area (Å²) in [5, 5.41) is 1.22. The lowest BCUT2D eigenvalue weighted by Gasteiger charge is -2.13. The molecule has 1 N–H and O–H groups in total. The molecule has 2 heterocycles. The molecule has 0 aliphatic carbocycles. The van der Waals surface area contributed by atoms with E-state index in [1.807, 2.05) is 37.3 Å². The Morgan fingerprint density at radius 3 is 2.37 bits per heavy atom. The Hall–Kier alpha value is -4.04. The van der Waals surface area contributed by atoms with Gasteiger partial charge in [-0.3, -0.25) is 0 Å². The van der Waals surface area contributed by atoms with Crippen molar-refractivity contribution >= 4 is 37.8 Å². The summed E-state index contributed by atoms with van der Waals surface area (Å²) in [6, 6.07) is 19.6. The first-order valence-corrected chi connectivity index (χ1v) is 12.7. The van der Waals surface area contributed by atoms with E-state index in [-0.39, 0.29) is 18.1 Å². The van der Waals surface area contributed by atoms with Gasteiger partial charge in [0.2, 0.25) is 0 Å². The number of fused-ring (bicyclic) bond motifs is 3. The number of ether oxygens (including phenoxy) is 2. The van der Waals surface area contributed by atoms with Gasteiger partial charge < -0.3 is 14.5 Å². The maximum Gasteiger partial charge on any atom is 0.340 e. The van der Waals surface area contributed by atoms with Gasteiger partial charge in [-0.2, -0.15) is 0 Å². The summed E-state index contributed by atoms with van der Waals surface area (Å²) in [5.74, 6) is -0.0858. The Bertz CT molecular complexity index is 1640. The predicted molar refractivity (Wildman–Crippen MR) is 134 cm³/mol. The van der Waals surface area contributed by atoms with Crippen LogP contribution in [0, 0.1) is 6.92 Å². The van der Waals surface area contributed by atoms with Crippen LogP contribution in [0.1, 0.15) is 28.4 Å². The second kappa shape index (κ2) is 8.96.